The lowest BCUT2D eigenvalue weighted by molar-refractivity contribution is -0.132. The Balaban J connectivity index is 2.23. The van der Waals surface area contributed by atoms with Gasteiger partial charge in [0.05, 0.1) is 17.1 Å². The molecule has 6 nitrogen and oxygen atoms in total. The highest BCUT2D eigenvalue weighted by atomic mass is 16.3. The fourth-order valence-electron chi connectivity index (χ4n) is 2.94. The van der Waals surface area contributed by atoms with E-state index < -0.39 is 6.10 Å². The molecule has 1 heterocycles. The van der Waals surface area contributed by atoms with E-state index in [1.807, 2.05) is 40.8 Å². The smallest absolute Gasteiger partial charge is 0.242 e. The van der Waals surface area contributed by atoms with Crippen LogP contribution in [0, 0.1) is 5.92 Å². The van der Waals surface area contributed by atoms with Crippen molar-refractivity contribution in [3.63, 3.8) is 0 Å². The number of nitrogens with zero attached hydrogens (tertiary/aromatic N) is 3. The quantitative estimate of drug-likeness (QED) is 0.771. The van der Waals surface area contributed by atoms with Crippen molar-refractivity contribution < 1.29 is 9.90 Å². The van der Waals surface area contributed by atoms with Crippen molar-refractivity contribution in [3.05, 3.63) is 24.3 Å². The number of aliphatic hydroxyl groups is 1. The third-order valence-corrected chi connectivity index (χ3v) is 4.37. The second kappa shape index (κ2) is 8.34. The van der Waals surface area contributed by atoms with Crippen LogP contribution in [0.15, 0.2) is 24.3 Å². The van der Waals surface area contributed by atoms with Crippen LogP contribution in [0.1, 0.15) is 34.1 Å². The van der Waals surface area contributed by atoms with Crippen LogP contribution in [-0.2, 0) is 11.3 Å². The van der Waals surface area contributed by atoms with Gasteiger partial charge in [0, 0.05) is 19.6 Å². The van der Waals surface area contributed by atoms with Crippen LogP contribution in [-0.4, -0.2) is 51.2 Å². The first-order valence-electron chi connectivity index (χ1n) is 8.92. The number of aromatic nitrogens is 2. The number of anilines is 1. The summed E-state index contributed by atoms with van der Waals surface area (Å²) in [6.45, 7) is 8.73. The van der Waals surface area contributed by atoms with E-state index in [4.69, 9.17) is 0 Å². The molecule has 0 fully saturated rings. The molecular formula is C19H30N4O2. The number of hydrogen-bond donors (Lipinski definition) is 2. The Hall–Kier alpha value is -2.08. The molecule has 2 aromatic rings. The van der Waals surface area contributed by atoms with Crippen LogP contribution in [0.4, 0.5) is 5.95 Å². The van der Waals surface area contributed by atoms with Gasteiger partial charge in [0.2, 0.25) is 11.9 Å². The molecule has 2 atom stereocenters. The Bertz CT molecular complexity index is 709. The van der Waals surface area contributed by atoms with Crippen LogP contribution in [0.5, 0.6) is 0 Å². The van der Waals surface area contributed by atoms with Crippen molar-refractivity contribution in [2.45, 2.75) is 52.8 Å². The average Bonchev–Trinajstić information content (AvgIpc) is 2.89. The summed E-state index contributed by atoms with van der Waals surface area (Å²) in [6, 6.07) is 7.94. The van der Waals surface area contributed by atoms with Crippen molar-refractivity contribution in [2.75, 3.05) is 18.9 Å². The van der Waals surface area contributed by atoms with Gasteiger partial charge in [0.1, 0.15) is 6.54 Å². The molecule has 0 aliphatic heterocycles. The zero-order chi connectivity index (χ0) is 18.6. The molecule has 1 amide bonds. The normalized spacial score (nSPS) is 13.9. The van der Waals surface area contributed by atoms with Gasteiger partial charge in [-0.15, -0.1) is 0 Å². The van der Waals surface area contributed by atoms with Gasteiger partial charge >= 0.3 is 0 Å². The molecule has 25 heavy (non-hydrogen) atoms. The second-order valence-corrected chi connectivity index (χ2v) is 7.22. The molecule has 0 aliphatic carbocycles. The van der Waals surface area contributed by atoms with Crippen molar-refractivity contribution in [1.82, 2.24) is 14.5 Å². The van der Waals surface area contributed by atoms with Gasteiger partial charge in [-0.25, -0.2) is 4.98 Å². The van der Waals surface area contributed by atoms with Crippen LogP contribution in [0.25, 0.3) is 11.0 Å². The van der Waals surface area contributed by atoms with Crippen LogP contribution in [0.2, 0.25) is 0 Å². The summed E-state index contributed by atoms with van der Waals surface area (Å²) in [6.07, 6.45) is 0.484. The van der Waals surface area contributed by atoms with Gasteiger partial charge in [0.25, 0.3) is 0 Å². The van der Waals surface area contributed by atoms with Crippen molar-refractivity contribution in [3.8, 4) is 0 Å². The lowest BCUT2D eigenvalue weighted by atomic mass is 10.0. The second-order valence-electron chi connectivity index (χ2n) is 7.22. The van der Waals surface area contributed by atoms with Gasteiger partial charge in [-0.3, -0.25) is 4.79 Å². The Labute approximate surface area is 149 Å². The number of imidazole rings is 1. The fraction of sp³-hybridized carbons (Fsp3) is 0.579. The predicted molar refractivity (Wildman–Crippen MR) is 102 cm³/mol. The summed E-state index contributed by atoms with van der Waals surface area (Å²) in [5, 5.41) is 12.7. The highest BCUT2D eigenvalue weighted by Gasteiger charge is 2.20. The minimum absolute atomic E-state index is 0.0522. The Kier molecular flexibility index (Phi) is 6.42. The summed E-state index contributed by atoms with van der Waals surface area (Å²) in [7, 11) is 1.86. The summed E-state index contributed by atoms with van der Waals surface area (Å²) < 4.78 is 1.89. The fourth-order valence-corrected chi connectivity index (χ4v) is 2.94. The third-order valence-electron chi connectivity index (χ3n) is 4.37. The number of fused-ring (bicyclic) bond motifs is 1. The molecule has 0 saturated heterocycles. The molecule has 6 heteroatoms. The van der Waals surface area contributed by atoms with Crippen molar-refractivity contribution in [1.29, 1.82) is 0 Å². The predicted octanol–water partition coefficient (Wildman–Crippen LogP) is 2.72. The highest BCUT2D eigenvalue weighted by molar-refractivity contribution is 5.83. The number of nitrogens with one attached hydrogen (secondary N) is 1. The molecule has 1 aromatic heterocycles. The van der Waals surface area contributed by atoms with Crippen molar-refractivity contribution >= 4 is 22.9 Å². The topological polar surface area (TPSA) is 70.4 Å². The number of amides is 1. The molecule has 0 bridgehead atoms. The summed E-state index contributed by atoms with van der Waals surface area (Å²) in [5.74, 6) is 1.21. The number of benzene rings is 1. The lowest BCUT2D eigenvalue weighted by Crippen LogP contribution is -2.38. The minimum Gasteiger partial charge on any atom is -0.392 e. The van der Waals surface area contributed by atoms with Crippen LogP contribution >= 0.6 is 0 Å². The molecule has 138 valence electrons. The Morgan fingerprint density at radius 2 is 1.96 bits per heavy atom. The van der Waals surface area contributed by atoms with Gasteiger partial charge in [-0.2, -0.15) is 0 Å². The first-order chi connectivity index (χ1) is 11.8. The zero-order valence-corrected chi connectivity index (χ0v) is 15.9. The van der Waals surface area contributed by atoms with E-state index in [0.29, 0.717) is 18.4 Å². The van der Waals surface area contributed by atoms with E-state index in [2.05, 4.69) is 31.1 Å². The zero-order valence-electron chi connectivity index (χ0n) is 15.9. The number of hydrogen-bond acceptors (Lipinski definition) is 4. The summed E-state index contributed by atoms with van der Waals surface area (Å²) in [4.78, 5) is 19.1. The van der Waals surface area contributed by atoms with Crippen molar-refractivity contribution in [2.24, 2.45) is 5.92 Å². The summed E-state index contributed by atoms with van der Waals surface area (Å²) in [5.41, 5.74) is 1.75. The Morgan fingerprint density at radius 3 is 2.60 bits per heavy atom. The maximum atomic E-state index is 12.8. The highest BCUT2D eigenvalue weighted by Crippen LogP contribution is 2.20. The molecule has 0 saturated carbocycles. The van der Waals surface area contributed by atoms with E-state index in [1.54, 1.807) is 6.92 Å². The van der Waals surface area contributed by atoms with Crippen LogP contribution in [0.3, 0.4) is 0 Å². The monoisotopic (exact) mass is 346 g/mol. The van der Waals surface area contributed by atoms with Gasteiger partial charge in [0.15, 0.2) is 0 Å². The number of likely N-dealkylation sites (N-methyl/N-ethyl adjacent to an activating group) is 1. The molecule has 2 N–H and O–H groups in total. The summed E-state index contributed by atoms with van der Waals surface area (Å²) >= 11 is 0. The average molecular weight is 346 g/mol. The van der Waals surface area contributed by atoms with Gasteiger partial charge in [-0.05, 0) is 38.3 Å². The van der Waals surface area contributed by atoms with E-state index in [0.717, 1.165) is 17.5 Å². The molecule has 0 aliphatic rings. The Morgan fingerprint density at radius 1 is 1.28 bits per heavy atom. The first kappa shape index (κ1) is 19.2. The molecule has 0 radical (unpaired) electrons. The first-order valence-corrected chi connectivity index (χ1v) is 8.92. The lowest BCUT2D eigenvalue weighted by Gasteiger charge is -2.27. The number of rotatable bonds is 8. The van der Waals surface area contributed by atoms with Crippen LogP contribution < -0.4 is 5.32 Å². The van der Waals surface area contributed by atoms with Gasteiger partial charge < -0.3 is 19.9 Å². The number of carbonyl (C=O) groups is 1. The largest absolute Gasteiger partial charge is 0.392 e. The van der Waals surface area contributed by atoms with Gasteiger partial charge in [-0.1, -0.05) is 26.0 Å². The third kappa shape index (κ3) is 4.95. The van der Waals surface area contributed by atoms with E-state index in [-0.39, 0.29) is 18.5 Å². The molecular weight excluding hydrogens is 316 g/mol. The minimum atomic E-state index is -0.488. The molecule has 2 rings (SSSR count). The number of para-hydroxylation sites is 2. The maximum absolute atomic E-state index is 12.8. The standard InChI is InChI=1S/C19H30N4O2/c1-13(2)10-14(3)22(5)18(25)12-23-17-9-7-6-8-16(17)21-19(23)20-11-15(4)24/h6-9,13-15,24H,10-12H2,1-5H3,(H,20,21). The van der Waals surface area contributed by atoms with E-state index in [9.17, 15) is 9.90 Å². The molecule has 1 aromatic carbocycles. The number of aliphatic hydroxyl groups excluding tert-OH is 1. The van der Waals surface area contributed by atoms with E-state index in [1.165, 1.54) is 0 Å². The SMILES string of the molecule is CC(C)CC(C)N(C)C(=O)Cn1c(NCC(C)O)nc2ccccc21. The molecule has 2 unspecified atom stereocenters. The molecule has 0 spiro atoms. The van der Waals surface area contributed by atoms with E-state index >= 15 is 0 Å². The maximum Gasteiger partial charge on any atom is 0.242 e. The number of carbonyl (C=O) groups excluding carboxylic acids is 1.